The lowest BCUT2D eigenvalue weighted by Gasteiger charge is -2.02. The van der Waals surface area contributed by atoms with Gasteiger partial charge in [-0.1, -0.05) is 11.3 Å². The number of carbonyl (C=O) groups excluding carboxylic acids is 2. The van der Waals surface area contributed by atoms with Crippen molar-refractivity contribution < 1.29 is 9.59 Å². The Labute approximate surface area is 119 Å². The summed E-state index contributed by atoms with van der Waals surface area (Å²) in [5.41, 5.74) is 6.77. The molecule has 8 heteroatoms. The maximum atomic E-state index is 11.1. The topological polar surface area (TPSA) is 110 Å². The van der Waals surface area contributed by atoms with Crippen molar-refractivity contribution in [1.29, 1.82) is 0 Å². The first kappa shape index (κ1) is 14.1. The summed E-state index contributed by atoms with van der Waals surface area (Å²) < 4.78 is 0. The first-order valence-electron chi connectivity index (χ1n) is 5.80. The summed E-state index contributed by atoms with van der Waals surface area (Å²) in [4.78, 5) is 22.1. The van der Waals surface area contributed by atoms with E-state index in [2.05, 4.69) is 20.8 Å². The fourth-order valence-electron chi connectivity index (χ4n) is 1.46. The normalized spacial score (nSPS) is 10.1. The minimum Gasteiger partial charge on any atom is -0.326 e. The van der Waals surface area contributed by atoms with Gasteiger partial charge in [-0.3, -0.25) is 14.9 Å². The van der Waals surface area contributed by atoms with Crippen molar-refractivity contribution >= 4 is 34.0 Å². The molecule has 1 aromatic carbocycles. The Kier molecular flexibility index (Phi) is 4.38. The van der Waals surface area contributed by atoms with E-state index in [1.165, 1.54) is 18.3 Å². The Morgan fingerprint density at radius 1 is 1.20 bits per heavy atom. The zero-order chi connectivity index (χ0) is 14.5. The van der Waals surface area contributed by atoms with Crippen LogP contribution in [0.4, 0.5) is 10.8 Å². The van der Waals surface area contributed by atoms with Gasteiger partial charge in [0.2, 0.25) is 16.9 Å². The molecule has 104 valence electrons. The standard InChI is InChI=1S/C12H13N5O2S/c1-7(18)14-9-4-2-8(3-5-9)11-16-17-12(20-11)15-10(19)6-13/h2-5H,6,13H2,1H3,(H,14,18)(H,15,17,19). The summed E-state index contributed by atoms with van der Waals surface area (Å²) in [5.74, 6) is -0.436. The van der Waals surface area contributed by atoms with Crippen LogP contribution in [-0.2, 0) is 9.59 Å². The average molecular weight is 291 g/mol. The molecule has 0 aliphatic rings. The number of nitrogens with zero attached hydrogens (tertiary/aromatic N) is 2. The third kappa shape index (κ3) is 3.59. The molecule has 0 atom stereocenters. The number of nitrogens with one attached hydrogen (secondary N) is 2. The van der Waals surface area contributed by atoms with E-state index >= 15 is 0 Å². The number of anilines is 2. The van der Waals surface area contributed by atoms with Gasteiger partial charge >= 0.3 is 0 Å². The number of rotatable bonds is 4. The lowest BCUT2D eigenvalue weighted by Crippen LogP contribution is -2.21. The minimum atomic E-state index is -0.311. The second-order valence-electron chi connectivity index (χ2n) is 3.92. The Hall–Kier alpha value is -2.32. The number of hydrogen-bond acceptors (Lipinski definition) is 6. The number of benzene rings is 1. The molecule has 2 aromatic rings. The number of carbonyl (C=O) groups is 2. The van der Waals surface area contributed by atoms with Crippen LogP contribution in [0.2, 0.25) is 0 Å². The predicted molar refractivity (Wildman–Crippen MR) is 77.3 cm³/mol. The van der Waals surface area contributed by atoms with E-state index in [9.17, 15) is 9.59 Å². The first-order valence-corrected chi connectivity index (χ1v) is 6.61. The Morgan fingerprint density at radius 3 is 2.50 bits per heavy atom. The van der Waals surface area contributed by atoms with Crippen molar-refractivity contribution in [3.63, 3.8) is 0 Å². The van der Waals surface area contributed by atoms with Crippen LogP contribution in [0.5, 0.6) is 0 Å². The predicted octanol–water partition coefficient (Wildman–Crippen LogP) is 1.06. The van der Waals surface area contributed by atoms with Crippen molar-refractivity contribution in [2.24, 2.45) is 5.73 Å². The highest BCUT2D eigenvalue weighted by Crippen LogP contribution is 2.27. The lowest BCUT2D eigenvalue weighted by molar-refractivity contribution is -0.115. The molecule has 2 amide bonds. The van der Waals surface area contributed by atoms with Gasteiger partial charge in [0, 0.05) is 18.2 Å². The van der Waals surface area contributed by atoms with Crippen LogP contribution in [0.1, 0.15) is 6.92 Å². The molecular formula is C12H13N5O2S. The Balaban J connectivity index is 2.11. The molecule has 0 aliphatic carbocycles. The van der Waals surface area contributed by atoms with E-state index in [4.69, 9.17) is 5.73 Å². The monoisotopic (exact) mass is 291 g/mol. The Bertz CT molecular complexity index is 623. The molecule has 0 aliphatic heterocycles. The van der Waals surface area contributed by atoms with Gasteiger partial charge in [-0.25, -0.2) is 0 Å². The van der Waals surface area contributed by atoms with Crippen molar-refractivity contribution in [3.05, 3.63) is 24.3 Å². The molecule has 0 saturated carbocycles. The van der Waals surface area contributed by atoms with E-state index in [0.29, 0.717) is 15.8 Å². The second kappa shape index (κ2) is 6.22. The van der Waals surface area contributed by atoms with Gasteiger partial charge in [0.05, 0.1) is 6.54 Å². The SMILES string of the molecule is CC(=O)Nc1ccc(-c2nnc(NC(=O)CN)s2)cc1. The molecular weight excluding hydrogens is 278 g/mol. The summed E-state index contributed by atoms with van der Waals surface area (Å²) in [7, 11) is 0. The number of amides is 2. The van der Waals surface area contributed by atoms with Crippen LogP contribution >= 0.6 is 11.3 Å². The molecule has 0 radical (unpaired) electrons. The van der Waals surface area contributed by atoms with Crippen LogP contribution in [0, 0.1) is 0 Å². The molecule has 1 aromatic heterocycles. The lowest BCUT2D eigenvalue weighted by atomic mass is 10.2. The van der Waals surface area contributed by atoms with Gasteiger partial charge in [0.1, 0.15) is 5.01 Å². The molecule has 20 heavy (non-hydrogen) atoms. The van der Waals surface area contributed by atoms with Gasteiger partial charge in [0.25, 0.3) is 0 Å². The van der Waals surface area contributed by atoms with Crippen LogP contribution in [0.15, 0.2) is 24.3 Å². The number of hydrogen-bond donors (Lipinski definition) is 3. The molecule has 0 fully saturated rings. The van der Waals surface area contributed by atoms with Crippen molar-refractivity contribution in [2.45, 2.75) is 6.92 Å². The molecule has 1 heterocycles. The van der Waals surface area contributed by atoms with Gasteiger partial charge in [-0.15, -0.1) is 10.2 Å². The van der Waals surface area contributed by atoms with Gasteiger partial charge in [0.15, 0.2) is 0 Å². The molecule has 2 rings (SSSR count). The maximum Gasteiger partial charge on any atom is 0.239 e. The summed E-state index contributed by atoms with van der Waals surface area (Å²) in [6, 6.07) is 7.19. The smallest absolute Gasteiger partial charge is 0.239 e. The number of nitrogens with two attached hydrogens (primary N) is 1. The number of aromatic nitrogens is 2. The van der Waals surface area contributed by atoms with Crippen LogP contribution < -0.4 is 16.4 Å². The molecule has 4 N–H and O–H groups in total. The van der Waals surface area contributed by atoms with Crippen LogP contribution in [-0.4, -0.2) is 28.6 Å². The van der Waals surface area contributed by atoms with Crippen LogP contribution in [0.25, 0.3) is 10.6 Å². The fourth-order valence-corrected chi connectivity index (χ4v) is 2.23. The Morgan fingerprint density at radius 2 is 1.90 bits per heavy atom. The van der Waals surface area contributed by atoms with Gasteiger partial charge in [-0.05, 0) is 24.3 Å². The van der Waals surface area contributed by atoms with E-state index in [1.807, 2.05) is 12.1 Å². The summed E-state index contributed by atoms with van der Waals surface area (Å²) >= 11 is 1.25. The largest absolute Gasteiger partial charge is 0.326 e. The fraction of sp³-hybridized carbons (Fsp3) is 0.167. The highest BCUT2D eigenvalue weighted by Gasteiger charge is 2.08. The van der Waals surface area contributed by atoms with Crippen LogP contribution in [0.3, 0.4) is 0 Å². The van der Waals surface area contributed by atoms with E-state index < -0.39 is 0 Å². The quantitative estimate of drug-likeness (QED) is 0.780. The average Bonchev–Trinajstić information content (AvgIpc) is 2.87. The first-order chi connectivity index (χ1) is 9.58. The van der Waals surface area contributed by atoms with Gasteiger partial charge in [-0.2, -0.15) is 0 Å². The third-order valence-corrected chi connectivity index (χ3v) is 3.20. The van der Waals surface area contributed by atoms with E-state index in [1.54, 1.807) is 12.1 Å². The van der Waals surface area contributed by atoms with Crippen molar-refractivity contribution in [1.82, 2.24) is 10.2 Å². The summed E-state index contributed by atoms with van der Waals surface area (Å²) in [6.07, 6.45) is 0. The van der Waals surface area contributed by atoms with E-state index in [0.717, 1.165) is 5.56 Å². The molecule has 0 unspecified atom stereocenters. The molecule has 0 spiro atoms. The summed E-state index contributed by atoms with van der Waals surface area (Å²) in [5, 5.41) is 14.2. The maximum absolute atomic E-state index is 11.1. The molecule has 7 nitrogen and oxygen atoms in total. The van der Waals surface area contributed by atoms with E-state index in [-0.39, 0.29) is 18.4 Å². The second-order valence-corrected chi connectivity index (χ2v) is 4.90. The minimum absolute atomic E-state index is 0.0969. The third-order valence-electron chi connectivity index (χ3n) is 2.31. The van der Waals surface area contributed by atoms with Crippen molar-refractivity contribution in [2.75, 3.05) is 17.2 Å². The van der Waals surface area contributed by atoms with Gasteiger partial charge < -0.3 is 11.1 Å². The molecule has 0 saturated heterocycles. The van der Waals surface area contributed by atoms with Crippen molar-refractivity contribution in [3.8, 4) is 10.6 Å². The highest BCUT2D eigenvalue weighted by molar-refractivity contribution is 7.18. The summed E-state index contributed by atoms with van der Waals surface area (Å²) in [6.45, 7) is 1.35. The molecule has 0 bridgehead atoms. The zero-order valence-corrected chi connectivity index (χ0v) is 11.5. The highest BCUT2D eigenvalue weighted by atomic mass is 32.1. The zero-order valence-electron chi connectivity index (χ0n) is 10.7.